The molecule has 154 valence electrons. The molecular formula is C21H30N2O5. The van der Waals surface area contributed by atoms with Crippen LogP contribution in [0.1, 0.15) is 36.2 Å². The SMILES string of the molecule is CCc1ccccc1ON(CC)CC(O)COc1c(C)ncc(CO)c1CO. The monoisotopic (exact) mass is 390 g/mol. The lowest BCUT2D eigenvalue weighted by Crippen LogP contribution is -2.38. The van der Waals surface area contributed by atoms with Crippen LogP contribution in [-0.4, -0.2) is 51.2 Å². The predicted octanol–water partition coefficient (Wildman–Crippen LogP) is 1.99. The first-order chi connectivity index (χ1) is 13.5. The number of para-hydroxylation sites is 1. The summed E-state index contributed by atoms with van der Waals surface area (Å²) >= 11 is 0. The molecule has 0 amide bonds. The molecule has 1 aromatic heterocycles. The van der Waals surface area contributed by atoms with E-state index < -0.39 is 6.10 Å². The summed E-state index contributed by atoms with van der Waals surface area (Å²) in [6.07, 6.45) is 1.57. The highest BCUT2D eigenvalue weighted by Gasteiger charge is 2.17. The molecule has 0 saturated heterocycles. The van der Waals surface area contributed by atoms with Crippen LogP contribution in [0.15, 0.2) is 30.5 Å². The third kappa shape index (κ3) is 5.65. The molecule has 0 aliphatic rings. The molecule has 1 heterocycles. The van der Waals surface area contributed by atoms with Crippen molar-refractivity contribution in [2.45, 2.75) is 46.5 Å². The van der Waals surface area contributed by atoms with Crippen LogP contribution in [0.25, 0.3) is 0 Å². The number of ether oxygens (including phenoxy) is 1. The Hall–Kier alpha value is -2.19. The standard InChI is InChI=1S/C21H30N2O5/c1-4-16-8-6-7-9-20(16)28-23(5-2)11-18(26)14-27-21-15(3)22-10-17(12-24)19(21)13-25/h6-10,18,24-26H,4-5,11-14H2,1-3H3. The fourth-order valence-corrected chi connectivity index (χ4v) is 2.90. The fourth-order valence-electron chi connectivity index (χ4n) is 2.90. The maximum atomic E-state index is 10.4. The third-order valence-electron chi connectivity index (χ3n) is 4.50. The minimum Gasteiger partial charge on any atom is -0.489 e. The van der Waals surface area contributed by atoms with Crippen LogP contribution in [0.2, 0.25) is 0 Å². The summed E-state index contributed by atoms with van der Waals surface area (Å²) in [6.45, 7) is 6.12. The molecule has 0 spiro atoms. The van der Waals surface area contributed by atoms with Crippen LogP contribution in [0.3, 0.4) is 0 Å². The van der Waals surface area contributed by atoms with E-state index in [0.717, 1.165) is 17.7 Å². The van der Waals surface area contributed by atoms with Gasteiger partial charge in [-0.25, -0.2) is 0 Å². The molecule has 0 aliphatic carbocycles. The molecule has 3 N–H and O–H groups in total. The topological polar surface area (TPSA) is 95.3 Å². The summed E-state index contributed by atoms with van der Waals surface area (Å²) in [4.78, 5) is 10.1. The van der Waals surface area contributed by atoms with E-state index in [4.69, 9.17) is 9.57 Å². The Kier molecular flexibility index (Phi) is 8.66. The molecule has 0 aliphatic heterocycles. The molecule has 0 saturated carbocycles. The zero-order valence-corrected chi connectivity index (χ0v) is 16.8. The van der Waals surface area contributed by atoms with Gasteiger partial charge in [-0.05, 0) is 31.9 Å². The predicted molar refractivity (Wildman–Crippen MR) is 106 cm³/mol. The van der Waals surface area contributed by atoms with Gasteiger partial charge in [-0.3, -0.25) is 4.98 Å². The van der Waals surface area contributed by atoms with Crippen molar-refractivity contribution in [3.63, 3.8) is 0 Å². The second-order valence-electron chi connectivity index (χ2n) is 6.49. The highest BCUT2D eigenvalue weighted by Crippen LogP contribution is 2.26. The van der Waals surface area contributed by atoms with Gasteiger partial charge in [0.05, 0.1) is 25.5 Å². The van der Waals surface area contributed by atoms with Crippen molar-refractivity contribution in [3.05, 3.63) is 52.8 Å². The number of pyridine rings is 1. The molecule has 7 nitrogen and oxygen atoms in total. The zero-order valence-electron chi connectivity index (χ0n) is 16.8. The number of likely N-dealkylation sites (N-methyl/N-ethyl adjacent to an activating group) is 1. The highest BCUT2D eigenvalue weighted by molar-refractivity contribution is 5.41. The van der Waals surface area contributed by atoms with E-state index in [1.54, 1.807) is 12.0 Å². The number of aryl methyl sites for hydroxylation is 2. The van der Waals surface area contributed by atoms with E-state index in [1.165, 1.54) is 6.20 Å². The maximum Gasteiger partial charge on any atom is 0.150 e. The lowest BCUT2D eigenvalue weighted by atomic mass is 10.1. The smallest absolute Gasteiger partial charge is 0.150 e. The molecule has 0 fully saturated rings. The number of rotatable bonds is 11. The number of hydrogen-bond acceptors (Lipinski definition) is 7. The summed E-state index contributed by atoms with van der Waals surface area (Å²) < 4.78 is 5.74. The van der Waals surface area contributed by atoms with Crippen LogP contribution in [0.5, 0.6) is 11.5 Å². The quantitative estimate of drug-likeness (QED) is 0.505. The number of aromatic nitrogens is 1. The number of aliphatic hydroxyl groups is 3. The van der Waals surface area contributed by atoms with Gasteiger partial charge >= 0.3 is 0 Å². The second-order valence-corrected chi connectivity index (χ2v) is 6.49. The van der Waals surface area contributed by atoms with Crippen LogP contribution >= 0.6 is 0 Å². The van der Waals surface area contributed by atoms with Gasteiger partial charge in [-0.1, -0.05) is 25.1 Å². The van der Waals surface area contributed by atoms with Gasteiger partial charge in [0, 0.05) is 23.9 Å². The van der Waals surface area contributed by atoms with Crippen molar-refractivity contribution in [1.82, 2.24) is 10.0 Å². The Morgan fingerprint density at radius 1 is 1.11 bits per heavy atom. The van der Waals surface area contributed by atoms with Crippen molar-refractivity contribution in [3.8, 4) is 11.5 Å². The van der Waals surface area contributed by atoms with E-state index in [1.807, 2.05) is 31.2 Å². The Bertz CT molecular complexity index is 754. The van der Waals surface area contributed by atoms with Crippen molar-refractivity contribution < 1.29 is 24.9 Å². The third-order valence-corrected chi connectivity index (χ3v) is 4.50. The van der Waals surface area contributed by atoms with Gasteiger partial charge in [0.25, 0.3) is 0 Å². The number of hydroxylamine groups is 2. The minimum absolute atomic E-state index is 0.0136. The molecule has 28 heavy (non-hydrogen) atoms. The Labute approximate surface area is 166 Å². The molecule has 2 aromatic rings. The second kappa shape index (κ2) is 11.0. The summed E-state index contributed by atoms with van der Waals surface area (Å²) in [7, 11) is 0. The van der Waals surface area contributed by atoms with E-state index in [2.05, 4.69) is 11.9 Å². The lowest BCUT2D eigenvalue weighted by molar-refractivity contribution is -0.0865. The van der Waals surface area contributed by atoms with Gasteiger partial charge in [0.15, 0.2) is 5.75 Å². The molecule has 1 unspecified atom stereocenters. The van der Waals surface area contributed by atoms with E-state index in [9.17, 15) is 15.3 Å². The van der Waals surface area contributed by atoms with E-state index in [0.29, 0.717) is 29.1 Å². The lowest BCUT2D eigenvalue weighted by Gasteiger charge is -2.25. The molecule has 1 atom stereocenters. The van der Waals surface area contributed by atoms with E-state index in [-0.39, 0.29) is 26.4 Å². The Morgan fingerprint density at radius 3 is 2.50 bits per heavy atom. The molecule has 0 radical (unpaired) electrons. The Balaban J connectivity index is 2.00. The first-order valence-electron chi connectivity index (χ1n) is 9.54. The normalized spacial score (nSPS) is 12.2. The Morgan fingerprint density at radius 2 is 1.86 bits per heavy atom. The van der Waals surface area contributed by atoms with Crippen molar-refractivity contribution >= 4 is 0 Å². The van der Waals surface area contributed by atoms with Gasteiger partial charge in [-0.2, -0.15) is 0 Å². The molecule has 1 aromatic carbocycles. The van der Waals surface area contributed by atoms with Gasteiger partial charge in [-0.15, -0.1) is 5.06 Å². The summed E-state index contributed by atoms with van der Waals surface area (Å²) in [5.74, 6) is 1.17. The van der Waals surface area contributed by atoms with Gasteiger partial charge in [0.2, 0.25) is 0 Å². The van der Waals surface area contributed by atoms with E-state index >= 15 is 0 Å². The number of nitrogens with zero attached hydrogens (tertiary/aromatic N) is 2. The van der Waals surface area contributed by atoms with Gasteiger partial charge in [0.1, 0.15) is 18.5 Å². The number of benzene rings is 1. The molecular weight excluding hydrogens is 360 g/mol. The fraction of sp³-hybridized carbons (Fsp3) is 0.476. The zero-order chi connectivity index (χ0) is 20.5. The number of hydrogen-bond donors (Lipinski definition) is 3. The average Bonchev–Trinajstić information content (AvgIpc) is 2.72. The summed E-state index contributed by atoms with van der Waals surface area (Å²) in [5, 5.41) is 31.1. The first kappa shape index (κ1) is 22.1. The molecule has 0 bridgehead atoms. The maximum absolute atomic E-state index is 10.4. The van der Waals surface area contributed by atoms with Gasteiger partial charge < -0.3 is 24.9 Å². The van der Waals surface area contributed by atoms with Crippen molar-refractivity contribution in [1.29, 1.82) is 0 Å². The van der Waals surface area contributed by atoms with Crippen molar-refractivity contribution in [2.24, 2.45) is 0 Å². The van der Waals surface area contributed by atoms with Crippen LogP contribution in [-0.2, 0) is 19.6 Å². The van der Waals surface area contributed by atoms with Crippen LogP contribution < -0.4 is 9.57 Å². The largest absolute Gasteiger partial charge is 0.489 e. The minimum atomic E-state index is -0.808. The summed E-state index contributed by atoms with van der Waals surface area (Å²) in [6, 6.07) is 7.82. The highest BCUT2D eigenvalue weighted by atomic mass is 16.7. The average molecular weight is 390 g/mol. The molecule has 2 rings (SSSR count). The number of aliphatic hydroxyl groups excluding tert-OH is 3. The first-order valence-corrected chi connectivity index (χ1v) is 9.54. The molecule has 7 heteroatoms. The van der Waals surface area contributed by atoms with Crippen LogP contribution in [0.4, 0.5) is 0 Å². The summed E-state index contributed by atoms with van der Waals surface area (Å²) in [5.41, 5.74) is 2.69. The van der Waals surface area contributed by atoms with Crippen LogP contribution in [0, 0.1) is 6.92 Å². The van der Waals surface area contributed by atoms with Crippen molar-refractivity contribution in [2.75, 3.05) is 19.7 Å².